The monoisotopic (exact) mass is 252 g/mol. The lowest BCUT2D eigenvalue weighted by atomic mass is 10.1. The van der Waals surface area contributed by atoms with Crippen molar-refractivity contribution >= 4 is 5.78 Å². The lowest BCUT2D eigenvalue weighted by molar-refractivity contribution is 0.0940. The summed E-state index contributed by atoms with van der Waals surface area (Å²) in [6.07, 6.45) is 5.10. The minimum Gasteiger partial charge on any atom is -0.461 e. The zero-order valence-electron chi connectivity index (χ0n) is 10.2. The maximum absolute atomic E-state index is 11.9. The Morgan fingerprint density at radius 2 is 1.95 bits per heavy atom. The van der Waals surface area contributed by atoms with Crippen LogP contribution in [-0.2, 0) is 6.54 Å². The summed E-state index contributed by atoms with van der Waals surface area (Å²) >= 11 is 0. The van der Waals surface area contributed by atoms with Crippen LogP contribution >= 0.6 is 0 Å². The Kier molecular flexibility index (Phi) is 2.98. The number of benzene rings is 1. The molecular formula is C15H12N2O2. The molecule has 19 heavy (non-hydrogen) atoms. The first-order valence-electron chi connectivity index (χ1n) is 5.97. The minimum atomic E-state index is -0.0901. The second-order valence-corrected chi connectivity index (χ2v) is 4.19. The number of carbonyl (C=O) groups excluding carboxylic acids is 1. The van der Waals surface area contributed by atoms with Crippen LogP contribution in [0, 0.1) is 0 Å². The number of furan rings is 1. The van der Waals surface area contributed by atoms with Crippen LogP contribution < -0.4 is 0 Å². The Balaban J connectivity index is 1.77. The van der Waals surface area contributed by atoms with Gasteiger partial charge in [0, 0.05) is 11.8 Å². The second kappa shape index (κ2) is 4.94. The lowest BCUT2D eigenvalue weighted by Crippen LogP contribution is -2.09. The van der Waals surface area contributed by atoms with Crippen LogP contribution in [0.2, 0.25) is 0 Å². The SMILES string of the molecule is O=C(Cn1cc(-c2ccccc2)cn1)c1ccco1. The van der Waals surface area contributed by atoms with Crippen LogP contribution in [0.25, 0.3) is 11.1 Å². The molecule has 0 radical (unpaired) electrons. The normalized spacial score (nSPS) is 10.5. The van der Waals surface area contributed by atoms with Crippen molar-refractivity contribution < 1.29 is 9.21 Å². The number of carbonyl (C=O) groups is 1. The lowest BCUT2D eigenvalue weighted by Gasteiger charge is -1.98. The molecule has 3 rings (SSSR count). The van der Waals surface area contributed by atoms with Gasteiger partial charge in [0.15, 0.2) is 5.76 Å². The van der Waals surface area contributed by atoms with Crippen LogP contribution in [0.5, 0.6) is 0 Å². The van der Waals surface area contributed by atoms with Gasteiger partial charge in [0.25, 0.3) is 0 Å². The second-order valence-electron chi connectivity index (χ2n) is 4.19. The standard InChI is InChI=1S/C15H12N2O2/c18-14(15-7-4-8-19-15)11-17-10-13(9-16-17)12-5-2-1-3-6-12/h1-10H,11H2. The molecule has 1 aromatic carbocycles. The van der Waals surface area contributed by atoms with Crippen molar-refractivity contribution in [1.29, 1.82) is 0 Å². The van der Waals surface area contributed by atoms with Gasteiger partial charge in [-0.25, -0.2) is 0 Å². The Bertz CT molecular complexity index is 669. The van der Waals surface area contributed by atoms with Crippen molar-refractivity contribution in [1.82, 2.24) is 9.78 Å². The smallest absolute Gasteiger partial charge is 0.219 e. The Morgan fingerprint density at radius 3 is 2.68 bits per heavy atom. The Labute approximate surface area is 110 Å². The number of hydrogen-bond donors (Lipinski definition) is 0. The zero-order valence-corrected chi connectivity index (χ0v) is 10.2. The minimum absolute atomic E-state index is 0.0901. The first-order chi connectivity index (χ1) is 9.33. The molecule has 2 aromatic heterocycles. The molecule has 0 bridgehead atoms. The van der Waals surface area contributed by atoms with E-state index >= 15 is 0 Å². The molecule has 0 amide bonds. The highest BCUT2D eigenvalue weighted by atomic mass is 16.3. The zero-order chi connectivity index (χ0) is 13.1. The van der Waals surface area contributed by atoms with Crippen LogP contribution in [0.3, 0.4) is 0 Å². The fourth-order valence-corrected chi connectivity index (χ4v) is 1.89. The van der Waals surface area contributed by atoms with Gasteiger partial charge in [-0.1, -0.05) is 30.3 Å². The van der Waals surface area contributed by atoms with E-state index in [2.05, 4.69) is 5.10 Å². The fraction of sp³-hybridized carbons (Fsp3) is 0.0667. The third-order valence-corrected chi connectivity index (χ3v) is 2.84. The average Bonchev–Trinajstić information content (AvgIpc) is 3.11. The largest absolute Gasteiger partial charge is 0.461 e. The van der Waals surface area contributed by atoms with Crippen LogP contribution in [0.15, 0.2) is 65.5 Å². The molecule has 3 aromatic rings. The van der Waals surface area contributed by atoms with Crippen molar-refractivity contribution in [2.75, 3.05) is 0 Å². The van der Waals surface area contributed by atoms with Gasteiger partial charge in [-0.15, -0.1) is 0 Å². The molecule has 0 unspecified atom stereocenters. The van der Waals surface area contributed by atoms with Crippen LogP contribution in [-0.4, -0.2) is 15.6 Å². The summed E-state index contributed by atoms with van der Waals surface area (Å²) in [4.78, 5) is 11.9. The number of Topliss-reactive ketones (excluding diaryl/α,β-unsaturated/α-hetero) is 1. The van der Waals surface area contributed by atoms with Crippen molar-refractivity contribution in [2.24, 2.45) is 0 Å². The molecule has 0 aliphatic carbocycles. The third kappa shape index (κ3) is 2.47. The molecule has 0 aliphatic heterocycles. The topological polar surface area (TPSA) is 48.0 Å². The van der Waals surface area contributed by atoms with Crippen molar-refractivity contribution in [2.45, 2.75) is 6.54 Å². The first-order valence-corrected chi connectivity index (χ1v) is 5.97. The number of aromatic nitrogens is 2. The third-order valence-electron chi connectivity index (χ3n) is 2.84. The van der Waals surface area contributed by atoms with E-state index in [1.807, 2.05) is 36.5 Å². The van der Waals surface area contributed by atoms with E-state index in [-0.39, 0.29) is 12.3 Å². The number of ketones is 1. The first kappa shape index (κ1) is 11.5. The molecule has 0 fully saturated rings. The quantitative estimate of drug-likeness (QED) is 0.670. The number of rotatable bonds is 4. The highest BCUT2D eigenvalue weighted by molar-refractivity contribution is 5.93. The highest BCUT2D eigenvalue weighted by Gasteiger charge is 2.10. The van der Waals surface area contributed by atoms with Crippen LogP contribution in [0.4, 0.5) is 0 Å². The summed E-state index contributed by atoms with van der Waals surface area (Å²) in [5, 5.41) is 4.20. The molecule has 0 saturated heterocycles. The van der Waals surface area contributed by atoms with Gasteiger partial charge < -0.3 is 4.42 Å². The van der Waals surface area contributed by atoms with Gasteiger partial charge in [0.05, 0.1) is 12.5 Å². The molecule has 0 atom stereocenters. The van der Waals surface area contributed by atoms with E-state index in [0.717, 1.165) is 11.1 Å². The summed E-state index contributed by atoms with van der Waals surface area (Å²) in [7, 11) is 0. The summed E-state index contributed by atoms with van der Waals surface area (Å²) in [5.74, 6) is 0.268. The molecule has 4 nitrogen and oxygen atoms in total. The predicted molar refractivity (Wildman–Crippen MR) is 70.7 cm³/mol. The molecular weight excluding hydrogens is 240 g/mol. The summed E-state index contributed by atoms with van der Waals surface area (Å²) in [5.41, 5.74) is 2.08. The van der Waals surface area contributed by atoms with Crippen molar-refractivity contribution in [3.05, 3.63) is 66.9 Å². The van der Waals surface area contributed by atoms with Crippen LogP contribution in [0.1, 0.15) is 10.6 Å². The Morgan fingerprint density at radius 1 is 1.11 bits per heavy atom. The van der Waals surface area contributed by atoms with Gasteiger partial charge >= 0.3 is 0 Å². The molecule has 0 aliphatic rings. The van der Waals surface area contributed by atoms with Gasteiger partial charge in [-0.05, 0) is 17.7 Å². The molecule has 0 N–H and O–H groups in total. The molecule has 94 valence electrons. The summed E-state index contributed by atoms with van der Waals surface area (Å²) in [6.45, 7) is 0.181. The summed E-state index contributed by atoms with van der Waals surface area (Å²) in [6, 6.07) is 13.3. The van der Waals surface area contributed by atoms with Gasteiger partial charge in [-0.2, -0.15) is 5.10 Å². The number of hydrogen-bond acceptors (Lipinski definition) is 3. The maximum Gasteiger partial charge on any atom is 0.219 e. The van der Waals surface area contributed by atoms with Gasteiger partial charge in [0.1, 0.15) is 6.54 Å². The van der Waals surface area contributed by atoms with E-state index in [1.54, 1.807) is 23.0 Å². The van der Waals surface area contributed by atoms with Crippen molar-refractivity contribution in [3.63, 3.8) is 0 Å². The number of nitrogens with zero attached hydrogens (tertiary/aromatic N) is 2. The molecule has 0 spiro atoms. The average molecular weight is 252 g/mol. The van der Waals surface area contributed by atoms with E-state index in [4.69, 9.17) is 4.42 Å². The highest BCUT2D eigenvalue weighted by Crippen LogP contribution is 2.17. The predicted octanol–water partition coefficient (Wildman–Crippen LogP) is 3.03. The van der Waals surface area contributed by atoms with E-state index < -0.39 is 0 Å². The van der Waals surface area contributed by atoms with Gasteiger partial charge in [0.2, 0.25) is 5.78 Å². The fourth-order valence-electron chi connectivity index (χ4n) is 1.89. The Hall–Kier alpha value is -2.62. The molecule has 0 saturated carbocycles. The van der Waals surface area contributed by atoms with E-state index in [0.29, 0.717) is 5.76 Å². The molecule has 2 heterocycles. The van der Waals surface area contributed by atoms with E-state index in [9.17, 15) is 4.79 Å². The maximum atomic E-state index is 11.9. The molecule has 4 heteroatoms. The van der Waals surface area contributed by atoms with Crippen molar-refractivity contribution in [3.8, 4) is 11.1 Å². The summed E-state index contributed by atoms with van der Waals surface area (Å²) < 4.78 is 6.69. The van der Waals surface area contributed by atoms with Gasteiger partial charge in [-0.3, -0.25) is 9.48 Å². The van der Waals surface area contributed by atoms with E-state index in [1.165, 1.54) is 6.26 Å².